The van der Waals surface area contributed by atoms with Crippen molar-refractivity contribution in [1.29, 1.82) is 0 Å². The average Bonchev–Trinajstić information content (AvgIpc) is 3.26. The molecule has 1 aromatic carbocycles. The Hall–Kier alpha value is -4.14. The fourth-order valence-corrected chi connectivity index (χ4v) is 4.66. The molecule has 1 fully saturated rings. The molecular weight excluding hydrogens is 535 g/mol. The number of imidazole rings is 1. The number of halogens is 5. The fourth-order valence-electron chi connectivity index (χ4n) is 4.66. The third kappa shape index (κ3) is 4.35. The molecule has 0 saturated carbocycles. The molecule has 0 aliphatic carbocycles. The summed E-state index contributed by atoms with van der Waals surface area (Å²) in [5.41, 5.74) is -3.99. The number of methoxy groups -OCH3 is 1. The number of nitrogens with zero attached hydrogens (tertiary/aromatic N) is 3. The van der Waals surface area contributed by atoms with Crippen LogP contribution in [0, 0.1) is 17.6 Å². The lowest BCUT2D eigenvalue weighted by Gasteiger charge is -2.32. The monoisotopic (exact) mass is 558 g/mol. The molecule has 1 aliphatic heterocycles. The van der Waals surface area contributed by atoms with Crippen LogP contribution in [-0.2, 0) is 16.6 Å². The molecule has 0 bridgehead atoms. The molecule has 4 atom stereocenters. The molecule has 15 heteroatoms. The van der Waals surface area contributed by atoms with Crippen molar-refractivity contribution >= 4 is 11.6 Å². The highest BCUT2D eigenvalue weighted by Crippen LogP contribution is 2.55. The summed E-state index contributed by atoms with van der Waals surface area (Å²) in [6.07, 6.45) is -5.66. The lowest BCUT2D eigenvalue weighted by molar-refractivity contribution is -0.272. The van der Waals surface area contributed by atoms with E-state index < -0.39 is 70.5 Å². The van der Waals surface area contributed by atoms with E-state index in [-0.39, 0.29) is 17.1 Å². The van der Waals surface area contributed by atoms with Crippen LogP contribution < -0.4 is 15.7 Å². The Morgan fingerprint density at radius 2 is 1.87 bits per heavy atom. The first-order chi connectivity index (χ1) is 18.1. The van der Waals surface area contributed by atoms with Crippen molar-refractivity contribution in [3.63, 3.8) is 0 Å². The number of aromatic nitrogens is 3. The SMILES string of the molecule is COc1c([C@H]2[C@H](C(=O)Nc3ccnc(-n4c(O)c(O)n(C)c4=O)c3)O[C@@](C)(C(F)(F)F)[C@H]2C)ccc(F)c1F. The molecule has 0 spiro atoms. The molecule has 3 aromatic rings. The van der Waals surface area contributed by atoms with Gasteiger partial charge >= 0.3 is 11.9 Å². The molecule has 3 heterocycles. The largest absolute Gasteiger partial charge is 0.493 e. The van der Waals surface area contributed by atoms with E-state index in [1.807, 2.05) is 0 Å². The lowest BCUT2D eigenvalue weighted by atomic mass is 9.77. The van der Waals surface area contributed by atoms with E-state index in [1.165, 1.54) is 20.0 Å². The smallest absolute Gasteiger partial charge is 0.417 e. The van der Waals surface area contributed by atoms with E-state index >= 15 is 0 Å². The van der Waals surface area contributed by atoms with Crippen molar-refractivity contribution in [3.8, 4) is 23.3 Å². The number of carbonyl (C=O) groups excluding carboxylic acids is 1. The highest BCUT2D eigenvalue weighted by molar-refractivity contribution is 5.95. The number of amides is 1. The van der Waals surface area contributed by atoms with Gasteiger partial charge in [0, 0.05) is 42.4 Å². The molecule has 210 valence electrons. The van der Waals surface area contributed by atoms with E-state index in [0.29, 0.717) is 10.6 Å². The van der Waals surface area contributed by atoms with Gasteiger partial charge in [0.25, 0.3) is 17.7 Å². The highest BCUT2D eigenvalue weighted by atomic mass is 19.4. The van der Waals surface area contributed by atoms with Crippen molar-refractivity contribution in [3.05, 3.63) is 58.1 Å². The number of benzene rings is 1. The first-order valence-electron chi connectivity index (χ1n) is 11.4. The third-order valence-electron chi connectivity index (χ3n) is 7.02. The summed E-state index contributed by atoms with van der Waals surface area (Å²) in [6, 6.07) is 4.12. The fraction of sp³-hybridized carbons (Fsp3) is 0.375. The summed E-state index contributed by atoms with van der Waals surface area (Å²) in [7, 11) is 2.19. The molecule has 10 nitrogen and oxygen atoms in total. The summed E-state index contributed by atoms with van der Waals surface area (Å²) in [6.45, 7) is 1.93. The average molecular weight is 558 g/mol. The predicted molar refractivity (Wildman–Crippen MR) is 125 cm³/mol. The highest BCUT2D eigenvalue weighted by Gasteiger charge is 2.65. The predicted octanol–water partition coefficient (Wildman–Crippen LogP) is 3.35. The zero-order chi connectivity index (χ0) is 29.0. The van der Waals surface area contributed by atoms with Gasteiger partial charge in [-0.15, -0.1) is 0 Å². The molecule has 3 N–H and O–H groups in total. The van der Waals surface area contributed by atoms with Crippen molar-refractivity contribution < 1.29 is 46.4 Å². The Kier molecular flexibility index (Phi) is 6.83. The standard InChI is InChI=1S/C24H23F5N4O6/c1-10-15(12-5-6-13(25)16(26)17(12)38-4)18(39-23(10,2)24(27,28)29)19(34)31-11-7-8-30-14(9-11)33-21(36)20(35)32(3)22(33)37/h5-10,15,18,35-36H,1-4H3,(H,30,31,34)/t10-,15-,18+,23+/m0/s1. The zero-order valence-electron chi connectivity index (χ0n) is 20.9. The van der Waals surface area contributed by atoms with E-state index in [2.05, 4.69) is 10.3 Å². The van der Waals surface area contributed by atoms with Crippen LogP contribution in [0.5, 0.6) is 17.5 Å². The Bertz CT molecular complexity index is 1500. The van der Waals surface area contributed by atoms with E-state index in [9.17, 15) is 41.8 Å². The molecule has 2 aromatic heterocycles. The molecule has 0 unspecified atom stereocenters. The number of anilines is 1. The van der Waals surface area contributed by atoms with Crippen LogP contribution in [0.2, 0.25) is 0 Å². The van der Waals surface area contributed by atoms with Crippen molar-refractivity contribution in [2.24, 2.45) is 13.0 Å². The van der Waals surface area contributed by atoms with Gasteiger partial charge in [-0.05, 0) is 19.1 Å². The van der Waals surface area contributed by atoms with Crippen molar-refractivity contribution in [2.45, 2.75) is 37.6 Å². The van der Waals surface area contributed by atoms with Crippen LogP contribution in [0.4, 0.5) is 27.6 Å². The number of alkyl halides is 3. The quantitative estimate of drug-likeness (QED) is 0.410. The minimum Gasteiger partial charge on any atom is -0.493 e. The summed E-state index contributed by atoms with van der Waals surface area (Å²) in [5.74, 6) is -9.17. The molecule has 4 rings (SSSR count). The van der Waals surface area contributed by atoms with Gasteiger partial charge in [0.05, 0.1) is 7.11 Å². The van der Waals surface area contributed by atoms with Crippen LogP contribution in [0.3, 0.4) is 0 Å². The van der Waals surface area contributed by atoms with Gasteiger partial charge in [0.15, 0.2) is 17.2 Å². The topological polar surface area (TPSA) is 128 Å². The number of ether oxygens (including phenoxy) is 2. The first kappa shape index (κ1) is 27.9. The number of hydrogen-bond donors (Lipinski definition) is 3. The number of nitrogens with one attached hydrogen (secondary N) is 1. The summed E-state index contributed by atoms with van der Waals surface area (Å²) in [4.78, 5) is 29.6. The summed E-state index contributed by atoms with van der Waals surface area (Å²) in [5, 5.41) is 22.3. The molecule has 1 aliphatic rings. The van der Waals surface area contributed by atoms with Crippen molar-refractivity contribution in [2.75, 3.05) is 12.4 Å². The minimum absolute atomic E-state index is 0.0625. The maximum absolute atomic E-state index is 14.5. The van der Waals surface area contributed by atoms with Gasteiger partial charge in [-0.3, -0.25) is 9.36 Å². The first-order valence-corrected chi connectivity index (χ1v) is 11.4. The van der Waals surface area contributed by atoms with Gasteiger partial charge in [-0.1, -0.05) is 13.0 Å². The van der Waals surface area contributed by atoms with Crippen LogP contribution in [-0.4, -0.2) is 55.2 Å². The van der Waals surface area contributed by atoms with Gasteiger partial charge in [0.1, 0.15) is 11.9 Å². The Morgan fingerprint density at radius 3 is 2.44 bits per heavy atom. The summed E-state index contributed by atoms with van der Waals surface area (Å²) < 4.78 is 82.3. The molecule has 1 amide bonds. The van der Waals surface area contributed by atoms with E-state index in [4.69, 9.17) is 9.47 Å². The number of pyridine rings is 1. The zero-order valence-corrected chi connectivity index (χ0v) is 20.9. The Morgan fingerprint density at radius 1 is 1.21 bits per heavy atom. The van der Waals surface area contributed by atoms with Crippen LogP contribution in [0.1, 0.15) is 25.3 Å². The van der Waals surface area contributed by atoms with Crippen LogP contribution in [0.15, 0.2) is 35.3 Å². The van der Waals surface area contributed by atoms with Crippen LogP contribution >= 0.6 is 0 Å². The number of rotatable bonds is 5. The maximum atomic E-state index is 14.5. The Balaban J connectivity index is 1.76. The number of aromatic hydroxyl groups is 2. The lowest BCUT2D eigenvalue weighted by Crippen LogP contribution is -2.47. The molecule has 0 radical (unpaired) electrons. The number of hydrogen-bond acceptors (Lipinski definition) is 7. The minimum atomic E-state index is -4.94. The van der Waals surface area contributed by atoms with Crippen LogP contribution in [0.25, 0.3) is 5.82 Å². The van der Waals surface area contributed by atoms with Gasteiger partial charge in [0.2, 0.25) is 5.82 Å². The van der Waals surface area contributed by atoms with E-state index in [1.54, 1.807) is 0 Å². The van der Waals surface area contributed by atoms with Gasteiger partial charge in [-0.25, -0.2) is 18.7 Å². The summed E-state index contributed by atoms with van der Waals surface area (Å²) >= 11 is 0. The second kappa shape index (κ2) is 9.55. The number of carbonyl (C=O) groups is 1. The third-order valence-corrected chi connectivity index (χ3v) is 7.02. The molecular formula is C24H23F5N4O6. The normalized spacial score (nSPS) is 23.2. The molecule has 1 saturated heterocycles. The van der Waals surface area contributed by atoms with E-state index in [0.717, 1.165) is 36.9 Å². The Labute approximate surface area is 217 Å². The van der Waals surface area contributed by atoms with Gasteiger partial charge < -0.3 is 25.0 Å². The maximum Gasteiger partial charge on any atom is 0.417 e. The molecule has 39 heavy (non-hydrogen) atoms. The second-order valence-corrected chi connectivity index (χ2v) is 9.16. The van der Waals surface area contributed by atoms with Gasteiger partial charge in [-0.2, -0.15) is 17.6 Å². The second-order valence-electron chi connectivity index (χ2n) is 9.16. The van der Waals surface area contributed by atoms with Crippen molar-refractivity contribution in [1.82, 2.24) is 14.1 Å².